The molecule has 3 aromatic carbocycles. The van der Waals surface area contributed by atoms with Crippen LogP contribution in [0.1, 0.15) is 26.3 Å². The van der Waals surface area contributed by atoms with Gasteiger partial charge in [-0.05, 0) is 54.4 Å². The molecule has 3 aromatic rings. The van der Waals surface area contributed by atoms with Gasteiger partial charge in [0.25, 0.3) is 15.9 Å². The smallest absolute Gasteiger partial charge is 0.337 e. The molecule has 32 heavy (non-hydrogen) atoms. The molecule has 0 radical (unpaired) electrons. The van der Waals surface area contributed by atoms with E-state index in [1.54, 1.807) is 30.3 Å². The summed E-state index contributed by atoms with van der Waals surface area (Å²) in [6.45, 7) is 0.300. The van der Waals surface area contributed by atoms with Crippen LogP contribution in [0.3, 0.4) is 0 Å². The lowest BCUT2D eigenvalue weighted by Gasteiger charge is -2.20. The lowest BCUT2D eigenvalue weighted by Crippen LogP contribution is -2.29. The zero-order valence-electron chi connectivity index (χ0n) is 17.0. The number of halogens is 1. The normalized spacial score (nSPS) is 12.9. The number of nitrogens with zero attached hydrogens (tertiary/aromatic N) is 1. The van der Waals surface area contributed by atoms with Crippen molar-refractivity contribution in [1.82, 2.24) is 0 Å². The van der Waals surface area contributed by atoms with Crippen LogP contribution >= 0.6 is 11.6 Å². The minimum Gasteiger partial charge on any atom is -0.465 e. The van der Waals surface area contributed by atoms with E-state index in [1.165, 1.54) is 35.7 Å². The number of carbonyl (C=O) groups is 2. The number of hydrogen-bond donors (Lipinski definition) is 1. The van der Waals surface area contributed by atoms with E-state index in [9.17, 15) is 18.0 Å². The number of benzene rings is 3. The Bertz CT molecular complexity index is 1320. The first-order valence-electron chi connectivity index (χ1n) is 9.71. The largest absolute Gasteiger partial charge is 0.465 e. The predicted molar refractivity (Wildman–Crippen MR) is 122 cm³/mol. The molecule has 0 saturated carbocycles. The zero-order valence-corrected chi connectivity index (χ0v) is 18.6. The fourth-order valence-corrected chi connectivity index (χ4v) is 5.57. The van der Waals surface area contributed by atoms with Crippen molar-refractivity contribution in [3.8, 4) is 0 Å². The fraction of sp³-hybridized carbons (Fsp3) is 0.130. The van der Waals surface area contributed by atoms with Crippen molar-refractivity contribution >= 4 is 44.9 Å². The predicted octanol–water partition coefficient (Wildman–Crippen LogP) is 4.13. The second kappa shape index (κ2) is 8.64. The number of anilines is 2. The van der Waals surface area contributed by atoms with Crippen LogP contribution in [0.15, 0.2) is 71.6 Å². The van der Waals surface area contributed by atoms with Gasteiger partial charge in [0.05, 0.1) is 23.4 Å². The number of methoxy groups -OCH3 is 1. The van der Waals surface area contributed by atoms with Crippen LogP contribution in [0.25, 0.3) is 0 Å². The van der Waals surface area contributed by atoms with Gasteiger partial charge in [0.1, 0.15) is 4.90 Å². The molecule has 1 heterocycles. The zero-order chi connectivity index (χ0) is 22.9. The summed E-state index contributed by atoms with van der Waals surface area (Å²) >= 11 is 6.23. The highest BCUT2D eigenvalue weighted by atomic mass is 35.5. The Labute approximate surface area is 190 Å². The highest BCUT2D eigenvalue weighted by molar-refractivity contribution is 7.93. The maximum Gasteiger partial charge on any atom is 0.337 e. The Hall–Kier alpha value is -3.36. The van der Waals surface area contributed by atoms with Gasteiger partial charge in [-0.15, -0.1) is 0 Å². The Morgan fingerprint density at radius 1 is 1.00 bits per heavy atom. The molecule has 0 aliphatic carbocycles. The van der Waals surface area contributed by atoms with Gasteiger partial charge < -0.3 is 10.1 Å². The van der Waals surface area contributed by atoms with Crippen LogP contribution in [0, 0.1) is 0 Å². The monoisotopic (exact) mass is 470 g/mol. The first-order chi connectivity index (χ1) is 15.3. The van der Waals surface area contributed by atoms with E-state index in [0.717, 1.165) is 5.56 Å². The van der Waals surface area contributed by atoms with E-state index in [-0.39, 0.29) is 21.0 Å². The molecule has 1 N–H and O–H groups in total. The molecule has 0 spiro atoms. The van der Waals surface area contributed by atoms with E-state index in [0.29, 0.717) is 24.3 Å². The summed E-state index contributed by atoms with van der Waals surface area (Å²) in [5, 5.41) is 2.69. The van der Waals surface area contributed by atoms with Crippen molar-refractivity contribution in [2.45, 2.75) is 11.3 Å². The highest BCUT2D eigenvalue weighted by Gasteiger charge is 2.32. The molecule has 0 atom stereocenters. The molecule has 0 aromatic heterocycles. The molecule has 0 fully saturated rings. The fourth-order valence-electron chi connectivity index (χ4n) is 3.56. The summed E-state index contributed by atoms with van der Waals surface area (Å²) in [7, 11) is -2.71. The van der Waals surface area contributed by atoms with Crippen molar-refractivity contribution < 1.29 is 22.7 Å². The number of ether oxygens (including phenoxy) is 1. The molecule has 7 nitrogen and oxygen atoms in total. The third-order valence-electron chi connectivity index (χ3n) is 5.15. The van der Waals surface area contributed by atoms with E-state index < -0.39 is 21.9 Å². The van der Waals surface area contributed by atoms with Crippen LogP contribution < -0.4 is 9.62 Å². The molecule has 1 amide bonds. The Balaban J connectivity index is 1.63. The van der Waals surface area contributed by atoms with E-state index in [1.807, 2.05) is 12.1 Å². The summed E-state index contributed by atoms with van der Waals surface area (Å²) < 4.78 is 32.7. The average molecular weight is 471 g/mol. The van der Waals surface area contributed by atoms with Crippen molar-refractivity contribution in [3.05, 3.63) is 88.4 Å². The quantitative estimate of drug-likeness (QED) is 0.566. The van der Waals surface area contributed by atoms with Crippen LogP contribution in [0.5, 0.6) is 0 Å². The first kappa shape index (κ1) is 21.9. The van der Waals surface area contributed by atoms with Gasteiger partial charge in [0.2, 0.25) is 0 Å². The lowest BCUT2D eigenvalue weighted by atomic mass is 10.1. The maximum atomic E-state index is 13.4. The Kier molecular flexibility index (Phi) is 5.90. The minimum absolute atomic E-state index is 0.0265. The number of rotatable bonds is 5. The molecule has 0 saturated heterocycles. The summed E-state index contributed by atoms with van der Waals surface area (Å²) in [5.41, 5.74) is 2.30. The van der Waals surface area contributed by atoms with Crippen LogP contribution in [0.2, 0.25) is 5.02 Å². The standard InChI is InChI=1S/C23H19ClN2O5S/c1-31-23(28)17-6-4-7-18(13-17)25-22(27)16-9-10-19(24)21(14-16)32(29,30)26-12-11-15-5-2-3-8-20(15)26/h2-10,13-14H,11-12H2,1H3,(H,25,27). The molecule has 4 rings (SSSR count). The van der Waals surface area contributed by atoms with E-state index >= 15 is 0 Å². The SMILES string of the molecule is COC(=O)c1cccc(NC(=O)c2ccc(Cl)c(S(=O)(=O)N3CCc4ccccc43)c2)c1. The molecule has 0 unspecified atom stereocenters. The van der Waals surface area contributed by atoms with Crippen molar-refractivity contribution in [2.75, 3.05) is 23.3 Å². The molecular weight excluding hydrogens is 452 g/mol. The maximum absolute atomic E-state index is 13.4. The van der Waals surface area contributed by atoms with Crippen LogP contribution in [-0.2, 0) is 21.2 Å². The first-order valence-corrected chi connectivity index (χ1v) is 11.5. The third-order valence-corrected chi connectivity index (χ3v) is 7.44. The van der Waals surface area contributed by atoms with Gasteiger partial charge >= 0.3 is 5.97 Å². The van der Waals surface area contributed by atoms with Gasteiger partial charge in [0, 0.05) is 17.8 Å². The van der Waals surface area contributed by atoms with Crippen LogP contribution in [0.4, 0.5) is 11.4 Å². The number of amides is 1. The summed E-state index contributed by atoms with van der Waals surface area (Å²) in [5.74, 6) is -1.08. The van der Waals surface area contributed by atoms with Gasteiger partial charge in [-0.3, -0.25) is 9.10 Å². The molecule has 1 aliphatic heterocycles. The van der Waals surface area contributed by atoms with Gasteiger partial charge in [-0.2, -0.15) is 0 Å². The lowest BCUT2D eigenvalue weighted by molar-refractivity contribution is 0.0600. The second-order valence-electron chi connectivity index (χ2n) is 7.13. The van der Waals surface area contributed by atoms with Gasteiger partial charge in [-0.1, -0.05) is 35.9 Å². The number of esters is 1. The number of para-hydroxylation sites is 1. The topological polar surface area (TPSA) is 92.8 Å². The second-order valence-corrected chi connectivity index (χ2v) is 9.37. The number of hydrogen-bond acceptors (Lipinski definition) is 5. The van der Waals surface area contributed by atoms with E-state index in [4.69, 9.17) is 11.6 Å². The third kappa shape index (κ3) is 4.06. The Morgan fingerprint density at radius 3 is 2.56 bits per heavy atom. The van der Waals surface area contributed by atoms with Gasteiger partial charge in [-0.25, -0.2) is 13.2 Å². The van der Waals surface area contributed by atoms with E-state index in [2.05, 4.69) is 10.1 Å². The van der Waals surface area contributed by atoms with Crippen molar-refractivity contribution in [3.63, 3.8) is 0 Å². The summed E-state index contributed by atoms with van der Waals surface area (Å²) in [4.78, 5) is 24.4. The van der Waals surface area contributed by atoms with Crippen molar-refractivity contribution in [2.24, 2.45) is 0 Å². The number of sulfonamides is 1. The number of carbonyl (C=O) groups excluding carboxylic acids is 2. The average Bonchev–Trinajstić information content (AvgIpc) is 3.24. The molecule has 0 bridgehead atoms. The minimum atomic E-state index is -3.97. The molecular formula is C23H19ClN2O5S. The number of fused-ring (bicyclic) bond motifs is 1. The van der Waals surface area contributed by atoms with Gasteiger partial charge in [0.15, 0.2) is 0 Å². The van der Waals surface area contributed by atoms with Crippen molar-refractivity contribution in [1.29, 1.82) is 0 Å². The molecule has 9 heteroatoms. The summed E-state index contributed by atoms with van der Waals surface area (Å²) in [6.07, 6.45) is 0.601. The molecule has 164 valence electrons. The molecule has 1 aliphatic rings. The Morgan fingerprint density at radius 2 is 1.78 bits per heavy atom. The summed E-state index contributed by atoms with van der Waals surface area (Å²) in [6, 6.07) is 17.6. The number of nitrogens with one attached hydrogen (secondary N) is 1. The highest BCUT2D eigenvalue weighted by Crippen LogP contribution is 2.35. The van der Waals surface area contributed by atoms with Crippen LogP contribution in [-0.4, -0.2) is 33.9 Å².